The molecule has 0 radical (unpaired) electrons. The highest BCUT2D eigenvalue weighted by Gasteiger charge is 2.23. The number of amides is 1. The number of aliphatic hydroxyl groups excluding tert-OH is 1. The largest absolute Gasteiger partial charge is 0.392 e. The van der Waals surface area contributed by atoms with Crippen molar-refractivity contribution in [2.45, 2.75) is 12.5 Å². The summed E-state index contributed by atoms with van der Waals surface area (Å²) in [5, 5.41) is 15.2. The number of carbonyl (C=O) groups excluding carboxylic acids is 1. The van der Waals surface area contributed by atoms with E-state index in [1.165, 1.54) is 0 Å². The second kappa shape index (κ2) is 9.07. The summed E-state index contributed by atoms with van der Waals surface area (Å²) in [5.41, 5.74) is 3.26. The summed E-state index contributed by atoms with van der Waals surface area (Å²) in [4.78, 5) is 13.0. The maximum Gasteiger partial charge on any atom is 0.238 e. The lowest BCUT2D eigenvalue weighted by Crippen LogP contribution is -2.37. The number of benzene rings is 3. The SMILES string of the molecule is O=C(NC(=S)Nc1cccc(CO)c1)C(c1ccccc1)c1ccccc1. The summed E-state index contributed by atoms with van der Waals surface area (Å²) in [6.07, 6.45) is 0. The van der Waals surface area contributed by atoms with Crippen LogP contribution in [0.2, 0.25) is 0 Å². The van der Waals surface area contributed by atoms with Crippen molar-refractivity contribution in [3.63, 3.8) is 0 Å². The summed E-state index contributed by atoms with van der Waals surface area (Å²) in [5.74, 6) is -0.667. The lowest BCUT2D eigenvalue weighted by molar-refractivity contribution is -0.120. The summed E-state index contributed by atoms with van der Waals surface area (Å²) in [7, 11) is 0. The van der Waals surface area contributed by atoms with Crippen LogP contribution in [0.15, 0.2) is 84.9 Å². The van der Waals surface area contributed by atoms with Gasteiger partial charge in [0.2, 0.25) is 5.91 Å². The third-order valence-corrected chi connectivity index (χ3v) is 4.34. The maximum absolute atomic E-state index is 13.0. The molecule has 3 rings (SSSR count). The van der Waals surface area contributed by atoms with Crippen molar-refractivity contribution in [2.24, 2.45) is 0 Å². The third kappa shape index (κ3) is 5.00. The van der Waals surface area contributed by atoms with Gasteiger partial charge in [-0.25, -0.2) is 0 Å². The molecule has 3 aromatic rings. The second-order valence-corrected chi connectivity index (χ2v) is 6.46. The predicted octanol–water partition coefficient (Wildman–Crippen LogP) is 3.82. The van der Waals surface area contributed by atoms with E-state index in [0.29, 0.717) is 5.69 Å². The first-order chi connectivity index (χ1) is 13.2. The van der Waals surface area contributed by atoms with Gasteiger partial charge in [-0.1, -0.05) is 72.8 Å². The van der Waals surface area contributed by atoms with Crippen LogP contribution in [0.3, 0.4) is 0 Å². The van der Waals surface area contributed by atoms with Gasteiger partial charge in [0.25, 0.3) is 0 Å². The van der Waals surface area contributed by atoms with Gasteiger partial charge in [-0.2, -0.15) is 0 Å². The molecular formula is C22H20N2O2S. The van der Waals surface area contributed by atoms with Crippen LogP contribution in [0, 0.1) is 0 Å². The second-order valence-electron chi connectivity index (χ2n) is 6.06. The Morgan fingerprint density at radius 3 is 2.04 bits per heavy atom. The molecule has 5 heteroatoms. The van der Waals surface area contributed by atoms with Gasteiger partial charge < -0.3 is 15.7 Å². The van der Waals surface area contributed by atoms with Gasteiger partial charge in [0, 0.05) is 5.69 Å². The van der Waals surface area contributed by atoms with E-state index in [-0.39, 0.29) is 17.6 Å². The van der Waals surface area contributed by atoms with Crippen molar-refractivity contribution in [1.29, 1.82) is 0 Å². The van der Waals surface area contributed by atoms with Crippen molar-refractivity contribution < 1.29 is 9.90 Å². The van der Waals surface area contributed by atoms with Crippen molar-refractivity contribution >= 4 is 28.9 Å². The predicted molar refractivity (Wildman–Crippen MR) is 111 cm³/mol. The molecule has 0 aromatic heterocycles. The van der Waals surface area contributed by atoms with Crippen LogP contribution in [0.5, 0.6) is 0 Å². The summed E-state index contributed by atoms with van der Waals surface area (Å²) in [6, 6.07) is 26.4. The third-order valence-electron chi connectivity index (χ3n) is 4.13. The Hall–Kier alpha value is -3.02. The molecule has 0 aliphatic carbocycles. The van der Waals surface area contributed by atoms with Crippen molar-refractivity contribution in [2.75, 3.05) is 5.32 Å². The van der Waals surface area contributed by atoms with E-state index in [9.17, 15) is 9.90 Å². The standard InChI is InChI=1S/C22H20N2O2S/c25-15-16-8-7-13-19(14-16)23-22(27)24-21(26)20(17-9-3-1-4-10-17)18-11-5-2-6-12-18/h1-14,20,25H,15H2,(H2,23,24,26,27). The minimum atomic E-state index is -0.462. The van der Waals surface area contributed by atoms with Crippen LogP contribution >= 0.6 is 12.2 Å². The highest BCUT2D eigenvalue weighted by molar-refractivity contribution is 7.80. The molecule has 0 spiro atoms. The molecule has 0 unspecified atom stereocenters. The summed E-state index contributed by atoms with van der Waals surface area (Å²) >= 11 is 5.31. The van der Waals surface area contributed by atoms with Crippen LogP contribution in [0.1, 0.15) is 22.6 Å². The molecule has 3 aromatic carbocycles. The number of carbonyl (C=O) groups is 1. The average Bonchev–Trinajstić information content (AvgIpc) is 2.70. The zero-order valence-corrected chi connectivity index (χ0v) is 15.4. The van der Waals surface area contributed by atoms with Gasteiger partial charge in [0.1, 0.15) is 0 Å². The number of aliphatic hydroxyl groups is 1. The summed E-state index contributed by atoms with van der Waals surface area (Å²) < 4.78 is 0. The first kappa shape index (κ1) is 18.8. The van der Waals surface area contributed by atoms with E-state index in [2.05, 4.69) is 10.6 Å². The zero-order chi connectivity index (χ0) is 19.1. The topological polar surface area (TPSA) is 61.4 Å². The van der Waals surface area contributed by atoms with Crippen LogP contribution < -0.4 is 10.6 Å². The Morgan fingerprint density at radius 1 is 0.889 bits per heavy atom. The van der Waals surface area contributed by atoms with E-state index in [4.69, 9.17) is 12.2 Å². The molecule has 0 bridgehead atoms. The van der Waals surface area contributed by atoms with Crippen molar-refractivity contribution in [3.8, 4) is 0 Å². The number of rotatable bonds is 5. The molecule has 4 nitrogen and oxygen atoms in total. The smallest absolute Gasteiger partial charge is 0.238 e. The van der Waals surface area contributed by atoms with Gasteiger partial charge in [-0.3, -0.25) is 4.79 Å². The molecule has 136 valence electrons. The van der Waals surface area contributed by atoms with Gasteiger partial charge >= 0.3 is 0 Å². The Bertz CT molecular complexity index is 874. The monoisotopic (exact) mass is 376 g/mol. The number of nitrogens with one attached hydrogen (secondary N) is 2. The van der Waals surface area contributed by atoms with Crippen LogP contribution in [0.25, 0.3) is 0 Å². The van der Waals surface area contributed by atoms with E-state index >= 15 is 0 Å². The van der Waals surface area contributed by atoms with Crippen LogP contribution in [-0.4, -0.2) is 16.1 Å². The highest BCUT2D eigenvalue weighted by atomic mass is 32.1. The summed E-state index contributed by atoms with van der Waals surface area (Å²) in [6.45, 7) is -0.0568. The molecule has 0 heterocycles. The number of hydrogen-bond acceptors (Lipinski definition) is 3. The fourth-order valence-electron chi connectivity index (χ4n) is 2.88. The molecule has 0 saturated carbocycles. The molecule has 0 atom stereocenters. The van der Waals surface area contributed by atoms with E-state index in [1.807, 2.05) is 78.9 Å². The molecule has 0 aliphatic rings. The molecule has 1 amide bonds. The van der Waals surface area contributed by atoms with Crippen molar-refractivity contribution in [3.05, 3.63) is 102 Å². The lowest BCUT2D eigenvalue weighted by Gasteiger charge is -2.18. The molecule has 27 heavy (non-hydrogen) atoms. The van der Waals surface area contributed by atoms with Crippen LogP contribution in [-0.2, 0) is 11.4 Å². The molecule has 0 aliphatic heterocycles. The number of hydrogen-bond donors (Lipinski definition) is 3. The van der Waals surface area contributed by atoms with E-state index in [0.717, 1.165) is 16.7 Å². The van der Waals surface area contributed by atoms with E-state index in [1.54, 1.807) is 6.07 Å². The maximum atomic E-state index is 13.0. The minimum Gasteiger partial charge on any atom is -0.392 e. The van der Waals surface area contributed by atoms with Gasteiger partial charge in [-0.05, 0) is 41.0 Å². The Labute approximate surface area is 163 Å². The quantitative estimate of drug-likeness (QED) is 0.593. The normalized spacial score (nSPS) is 10.4. The molecule has 0 fully saturated rings. The average molecular weight is 376 g/mol. The fraction of sp³-hybridized carbons (Fsp3) is 0.0909. The van der Waals surface area contributed by atoms with Crippen molar-refractivity contribution in [1.82, 2.24) is 5.32 Å². The minimum absolute atomic E-state index is 0.0568. The number of anilines is 1. The zero-order valence-electron chi connectivity index (χ0n) is 14.6. The molecule has 3 N–H and O–H groups in total. The Balaban J connectivity index is 1.77. The fourth-order valence-corrected chi connectivity index (χ4v) is 3.10. The Kier molecular flexibility index (Phi) is 6.30. The van der Waals surface area contributed by atoms with Crippen LogP contribution in [0.4, 0.5) is 5.69 Å². The first-order valence-corrected chi connectivity index (χ1v) is 9.00. The molecular weight excluding hydrogens is 356 g/mol. The van der Waals surface area contributed by atoms with E-state index < -0.39 is 5.92 Å². The van der Waals surface area contributed by atoms with Gasteiger partial charge in [0.15, 0.2) is 5.11 Å². The lowest BCUT2D eigenvalue weighted by atomic mass is 9.90. The van der Waals surface area contributed by atoms with Gasteiger partial charge in [0.05, 0.1) is 12.5 Å². The molecule has 0 saturated heterocycles. The highest BCUT2D eigenvalue weighted by Crippen LogP contribution is 2.24. The number of thiocarbonyl (C=S) groups is 1. The first-order valence-electron chi connectivity index (χ1n) is 8.59. The Morgan fingerprint density at radius 2 is 1.48 bits per heavy atom. The van der Waals surface area contributed by atoms with Gasteiger partial charge in [-0.15, -0.1) is 0 Å².